The van der Waals surface area contributed by atoms with E-state index in [9.17, 15) is 14.4 Å². The van der Waals surface area contributed by atoms with Crippen LogP contribution in [0.4, 0.5) is 0 Å². The number of esters is 3. The van der Waals surface area contributed by atoms with Crippen molar-refractivity contribution in [3.63, 3.8) is 0 Å². The summed E-state index contributed by atoms with van der Waals surface area (Å²) in [7, 11) is 0. The molecule has 0 rings (SSSR count). The van der Waals surface area contributed by atoms with Crippen molar-refractivity contribution < 1.29 is 28.6 Å². The fourth-order valence-corrected chi connectivity index (χ4v) is 6.61. The summed E-state index contributed by atoms with van der Waals surface area (Å²) in [5.74, 6) is -0.954. The molecule has 57 heavy (non-hydrogen) atoms. The fraction of sp³-hybridized carbons (Fsp3) is 0.784. The van der Waals surface area contributed by atoms with E-state index in [1.54, 1.807) is 0 Å². The first kappa shape index (κ1) is 54.4. The molecule has 0 saturated heterocycles. The molecular formula is C51H90O6. The maximum Gasteiger partial charge on any atom is 0.306 e. The smallest absolute Gasteiger partial charge is 0.306 e. The van der Waals surface area contributed by atoms with Crippen molar-refractivity contribution in [2.24, 2.45) is 0 Å². The molecule has 6 nitrogen and oxygen atoms in total. The summed E-state index contributed by atoms with van der Waals surface area (Å²) in [6, 6.07) is 0. The van der Waals surface area contributed by atoms with Gasteiger partial charge in [-0.1, -0.05) is 198 Å². The van der Waals surface area contributed by atoms with Crippen molar-refractivity contribution in [2.75, 3.05) is 13.2 Å². The van der Waals surface area contributed by atoms with Crippen LogP contribution in [0, 0.1) is 0 Å². The van der Waals surface area contributed by atoms with E-state index in [4.69, 9.17) is 14.2 Å². The highest BCUT2D eigenvalue weighted by molar-refractivity contribution is 5.71. The Labute approximate surface area is 352 Å². The highest BCUT2D eigenvalue weighted by Gasteiger charge is 2.19. The minimum atomic E-state index is -0.792. The second-order valence-corrected chi connectivity index (χ2v) is 16.0. The first-order valence-corrected chi connectivity index (χ1v) is 24.1. The third-order valence-electron chi connectivity index (χ3n) is 10.3. The Morgan fingerprint density at radius 2 is 0.667 bits per heavy atom. The SMILES string of the molecule is CCCC/C=C\CCCCCCCC(=O)OC(COC(=O)CCC/C=C\C/C=C\C/C=C\CCCCCCCC)COC(=O)CCCCCCCCCCCCC. The molecule has 0 amide bonds. The number of unbranched alkanes of at least 4 members (excludes halogenated alkanes) is 24. The van der Waals surface area contributed by atoms with Gasteiger partial charge in [-0.2, -0.15) is 0 Å². The van der Waals surface area contributed by atoms with Gasteiger partial charge in [-0.3, -0.25) is 14.4 Å². The predicted octanol–water partition coefficient (Wildman–Crippen LogP) is 15.5. The molecule has 0 saturated carbocycles. The summed E-state index contributed by atoms with van der Waals surface area (Å²) in [5, 5.41) is 0. The van der Waals surface area contributed by atoms with Gasteiger partial charge in [0, 0.05) is 19.3 Å². The van der Waals surface area contributed by atoms with Crippen molar-refractivity contribution in [2.45, 2.75) is 245 Å². The number of ether oxygens (including phenoxy) is 3. The standard InChI is InChI=1S/C51H90O6/c1-4-7-10-13-16-19-22-23-24-25-26-27-30-32-35-38-41-44-50(53)56-47-48(57-51(54)45-42-39-36-33-29-21-18-15-12-9-6-3)46-55-49(52)43-40-37-34-31-28-20-17-14-11-8-5-2/h15,18,23-24,26-27,32,35,48H,4-14,16-17,19-22,25,28-31,33-34,36-47H2,1-3H3/b18-15-,24-23-,27-26-,35-32-. The Bertz CT molecular complexity index is 1010. The van der Waals surface area contributed by atoms with Crippen LogP contribution in [-0.4, -0.2) is 37.2 Å². The van der Waals surface area contributed by atoms with Gasteiger partial charge in [-0.25, -0.2) is 0 Å². The first-order chi connectivity index (χ1) is 28.0. The molecule has 1 atom stereocenters. The summed E-state index contributed by atoms with van der Waals surface area (Å²) >= 11 is 0. The minimum absolute atomic E-state index is 0.0904. The molecule has 0 N–H and O–H groups in total. The summed E-state index contributed by atoms with van der Waals surface area (Å²) in [4.78, 5) is 37.7. The van der Waals surface area contributed by atoms with Crippen LogP contribution in [0.5, 0.6) is 0 Å². The molecular weight excluding hydrogens is 709 g/mol. The molecule has 0 heterocycles. The third-order valence-corrected chi connectivity index (χ3v) is 10.3. The Morgan fingerprint density at radius 3 is 1.12 bits per heavy atom. The van der Waals surface area contributed by atoms with Crippen LogP contribution in [0.2, 0.25) is 0 Å². The Hall–Kier alpha value is -2.63. The van der Waals surface area contributed by atoms with E-state index < -0.39 is 6.10 Å². The second kappa shape index (κ2) is 46.1. The molecule has 0 aromatic carbocycles. The fourth-order valence-electron chi connectivity index (χ4n) is 6.61. The molecule has 0 aromatic rings. The maximum atomic E-state index is 12.7. The Morgan fingerprint density at radius 1 is 0.351 bits per heavy atom. The Balaban J connectivity index is 4.42. The lowest BCUT2D eigenvalue weighted by atomic mass is 10.1. The molecule has 0 aliphatic carbocycles. The average molecular weight is 799 g/mol. The summed E-state index contributed by atoms with van der Waals surface area (Å²) in [6.45, 7) is 6.53. The van der Waals surface area contributed by atoms with Crippen LogP contribution >= 0.6 is 0 Å². The van der Waals surface area contributed by atoms with Crippen molar-refractivity contribution in [1.82, 2.24) is 0 Å². The van der Waals surface area contributed by atoms with E-state index in [0.717, 1.165) is 70.6 Å². The van der Waals surface area contributed by atoms with Crippen molar-refractivity contribution in [1.29, 1.82) is 0 Å². The van der Waals surface area contributed by atoms with Crippen molar-refractivity contribution in [3.8, 4) is 0 Å². The lowest BCUT2D eigenvalue weighted by Gasteiger charge is -2.18. The lowest BCUT2D eigenvalue weighted by Crippen LogP contribution is -2.30. The van der Waals surface area contributed by atoms with E-state index in [0.29, 0.717) is 19.3 Å². The number of carbonyl (C=O) groups excluding carboxylic acids is 3. The van der Waals surface area contributed by atoms with Gasteiger partial charge in [0.15, 0.2) is 6.10 Å². The number of allylic oxidation sites excluding steroid dienone is 8. The monoisotopic (exact) mass is 799 g/mol. The van der Waals surface area contributed by atoms with Crippen LogP contribution in [0.1, 0.15) is 239 Å². The highest BCUT2D eigenvalue weighted by atomic mass is 16.6. The van der Waals surface area contributed by atoms with Gasteiger partial charge in [-0.05, 0) is 70.6 Å². The van der Waals surface area contributed by atoms with E-state index in [-0.39, 0.29) is 37.5 Å². The summed E-state index contributed by atoms with van der Waals surface area (Å²) in [6.07, 6.45) is 53.8. The van der Waals surface area contributed by atoms with Crippen LogP contribution < -0.4 is 0 Å². The van der Waals surface area contributed by atoms with Crippen LogP contribution in [0.25, 0.3) is 0 Å². The van der Waals surface area contributed by atoms with Gasteiger partial charge >= 0.3 is 17.9 Å². The van der Waals surface area contributed by atoms with Gasteiger partial charge in [-0.15, -0.1) is 0 Å². The number of carbonyl (C=O) groups is 3. The van der Waals surface area contributed by atoms with E-state index >= 15 is 0 Å². The van der Waals surface area contributed by atoms with Crippen molar-refractivity contribution in [3.05, 3.63) is 48.6 Å². The van der Waals surface area contributed by atoms with Gasteiger partial charge in [0.2, 0.25) is 0 Å². The lowest BCUT2D eigenvalue weighted by molar-refractivity contribution is -0.167. The van der Waals surface area contributed by atoms with E-state index in [1.807, 2.05) is 0 Å². The van der Waals surface area contributed by atoms with Crippen molar-refractivity contribution >= 4 is 17.9 Å². The van der Waals surface area contributed by atoms with Gasteiger partial charge in [0.25, 0.3) is 0 Å². The van der Waals surface area contributed by atoms with Gasteiger partial charge in [0.05, 0.1) is 0 Å². The molecule has 0 aliphatic heterocycles. The predicted molar refractivity (Wildman–Crippen MR) is 242 cm³/mol. The maximum absolute atomic E-state index is 12.7. The largest absolute Gasteiger partial charge is 0.462 e. The quantitative estimate of drug-likeness (QED) is 0.0265. The van der Waals surface area contributed by atoms with E-state index in [2.05, 4.69) is 69.4 Å². The topological polar surface area (TPSA) is 78.9 Å². The average Bonchev–Trinajstić information content (AvgIpc) is 3.21. The molecule has 330 valence electrons. The highest BCUT2D eigenvalue weighted by Crippen LogP contribution is 2.14. The zero-order valence-electron chi connectivity index (χ0n) is 37.6. The number of hydrogen-bond donors (Lipinski definition) is 0. The minimum Gasteiger partial charge on any atom is -0.462 e. The number of rotatable bonds is 43. The third kappa shape index (κ3) is 44.3. The molecule has 0 bridgehead atoms. The van der Waals surface area contributed by atoms with Gasteiger partial charge in [0.1, 0.15) is 13.2 Å². The normalized spacial score (nSPS) is 12.4. The second-order valence-electron chi connectivity index (χ2n) is 16.0. The molecule has 1 unspecified atom stereocenters. The zero-order valence-corrected chi connectivity index (χ0v) is 37.6. The molecule has 0 spiro atoms. The van der Waals surface area contributed by atoms with E-state index in [1.165, 1.54) is 122 Å². The molecule has 0 radical (unpaired) electrons. The van der Waals surface area contributed by atoms with Crippen LogP contribution in [0.3, 0.4) is 0 Å². The molecule has 0 aliphatic rings. The van der Waals surface area contributed by atoms with Crippen LogP contribution in [0.15, 0.2) is 48.6 Å². The van der Waals surface area contributed by atoms with Crippen LogP contribution in [-0.2, 0) is 28.6 Å². The zero-order chi connectivity index (χ0) is 41.5. The molecule has 6 heteroatoms. The molecule has 0 aromatic heterocycles. The summed E-state index contributed by atoms with van der Waals surface area (Å²) < 4.78 is 16.7. The molecule has 0 fully saturated rings. The van der Waals surface area contributed by atoms with Gasteiger partial charge < -0.3 is 14.2 Å². The first-order valence-electron chi connectivity index (χ1n) is 24.1. The Kier molecular flexibility index (Phi) is 43.9. The number of hydrogen-bond acceptors (Lipinski definition) is 6. The summed E-state index contributed by atoms with van der Waals surface area (Å²) in [5.41, 5.74) is 0.